The Morgan fingerprint density at radius 1 is 1.40 bits per heavy atom. The first kappa shape index (κ1) is 15.3. The van der Waals surface area contributed by atoms with E-state index in [1.807, 2.05) is 12.1 Å². The quantitative estimate of drug-likeness (QED) is 0.840. The molecule has 3 N–H and O–H groups in total. The molecule has 3 heteroatoms. The van der Waals surface area contributed by atoms with E-state index >= 15 is 0 Å². The maximum absolute atomic E-state index is 9.69. The van der Waals surface area contributed by atoms with Crippen molar-refractivity contribution < 1.29 is 9.84 Å². The molecular weight excluding hydrogens is 250 g/mol. The minimum Gasteiger partial charge on any atom is -0.493 e. The van der Waals surface area contributed by atoms with Crippen LogP contribution in [-0.4, -0.2) is 24.4 Å². The van der Waals surface area contributed by atoms with Crippen LogP contribution < -0.4 is 10.5 Å². The summed E-state index contributed by atoms with van der Waals surface area (Å²) in [5.74, 6) is 1.90. The van der Waals surface area contributed by atoms with Crippen molar-refractivity contribution in [2.45, 2.75) is 51.0 Å². The highest BCUT2D eigenvalue weighted by Gasteiger charge is 2.20. The lowest BCUT2D eigenvalue weighted by Gasteiger charge is -2.25. The van der Waals surface area contributed by atoms with Crippen LogP contribution in [0.1, 0.15) is 50.5 Å². The van der Waals surface area contributed by atoms with Gasteiger partial charge in [-0.25, -0.2) is 0 Å². The lowest BCUT2D eigenvalue weighted by atomic mass is 9.88. The zero-order valence-electron chi connectivity index (χ0n) is 12.4. The predicted molar refractivity (Wildman–Crippen MR) is 82.0 cm³/mol. The molecule has 3 nitrogen and oxygen atoms in total. The molecule has 0 bridgehead atoms. The summed E-state index contributed by atoms with van der Waals surface area (Å²) >= 11 is 0. The van der Waals surface area contributed by atoms with Crippen LogP contribution in [0.5, 0.6) is 5.75 Å². The summed E-state index contributed by atoms with van der Waals surface area (Å²) in [5.41, 5.74) is 6.91. The molecule has 0 spiro atoms. The van der Waals surface area contributed by atoms with Crippen molar-refractivity contribution in [3.05, 3.63) is 29.8 Å². The van der Waals surface area contributed by atoms with Crippen molar-refractivity contribution in [1.82, 2.24) is 0 Å². The van der Waals surface area contributed by atoms with E-state index in [0.29, 0.717) is 25.0 Å². The molecule has 112 valence electrons. The summed E-state index contributed by atoms with van der Waals surface area (Å²) in [6.45, 7) is 3.63. The molecule has 1 aromatic rings. The summed E-state index contributed by atoms with van der Waals surface area (Å²) in [6, 6.07) is 8.32. The maximum Gasteiger partial charge on any atom is 0.119 e. The van der Waals surface area contributed by atoms with Crippen LogP contribution in [0.15, 0.2) is 24.3 Å². The number of hydrogen-bond donors (Lipinski definition) is 2. The second kappa shape index (κ2) is 7.65. The van der Waals surface area contributed by atoms with Crippen LogP contribution in [-0.2, 0) is 0 Å². The molecule has 1 aliphatic carbocycles. The van der Waals surface area contributed by atoms with E-state index in [2.05, 4.69) is 19.1 Å². The highest BCUT2D eigenvalue weighted by molar-refractivity contribution is 5.30. The summed E-state index contributed by atoms with van der Waals surface area (Å²) in [4.78, 5) is 0. The fourth-order valence-electron chi connectivity index (χ4n) is 2.96. The Balaban J connectivity index is 1.87. The van der Waals surface area contributed by atoms with Gasteiger partial charge in [-0.05, 0) is 61.8 Å². The number of nitrogens with two attached hydrogens (primary N) is 1. The normalized spacial score (nSPS) is 24.4. The molecule has 2 rings (SSSR count). The van der Waals surface area contributed by atoms with Crippen molar-refractivity contribution >= 4 is 0 Å². The van der Waals surface area contributed by atoms with E-state index < -0.39 is 0 Å². The van der Waals surface area contributed by atoms with Crippen LogP contribution >= 0.6 is 0 Å². The molecule has 0 aliphatic heterocycles. The number of aliphatic hydroxyl groups is 1. The highest BCUT2D eigenvalue weighted by Crippen LogP contribution is 2.27. The Bertz CT molecular complexity index is 408. The van der Waals surface area contributed by atoms with Gasteiger partial charge in [0.25, 0.3) is 0 Å². The van der Waals surface area contributed by atoms with E-state index in [1.54, 1.807) is 0 Å². The van der Waals surface area contributed by atoms with Crippen molar-refractivity contribution in [2.75, 3.05) is 13.2 Å². The summed E-state index contributed by atoms with van der Waals surface area (Å²) in [7, 11) is 0. The second-order valence-corrected chi connectivity index (χ2v) is 6.05. The fraction of sp³-hybridized carbons (Fsp3) is 0.647. The minimum atomic E-state index is -0.131. The van der Waals surface area contributed by atoms with E-state index in [-0.39, 0.29) is 6.10 Å². The number of ether oxygens (including phenoxy) is 1. The first-order valence-corrected chi connectivity index (χ1v) is 7.80. The fourth-order valence-corrected chi connectivity index (χ4v) is 2.96. The molecule has 0 unspecified atom stereocenters. The summed E-state index contributed by atoms with van der Waals surface area (Å²) < 4.78 is 5.92. The number of hydrogen-bond acceptors (Lipinski definition) is 3. The first-order valence-electron chi connectivity index (χ1n) is 7.80. The van der Waals surface area contributed by atoms with Crippen molar-refractivity contribution in [3.8, 4) is 5.75 Å². The van der Waals surface area contributed by atoms with Gasteiger partial charge >= 0.3 is 0 Å². The van der Waals surface area contributed by atoms with Gasteiger partial charge in [0, 0.05) is 0 Å². The Kier molecular flexibility index (Phi) is 5.86. The molecule has 1 saturated carbocycles. The van der Waals surface area contributed by atoms with Gasteiger partial charge < -0.3 is 15.6 Å². The van der Waals surface area contributed by atoms with E-state index in [4.69, 9.17) is 10.5 Å². The van der Waals surface area contributed by atoms with Crippen LogP contribution in [0.2, 0.25) is 0 Å². The molecule has 0 amide bonds. The maximum atomic E-state index is 9.69. The molecule has 0 radical (unpaired) electrons. The first-order chi connectivity index (χ1) is 9.69. The van der Waals surface area contributed by atoms with Crippen molar-refractivity contribution in [1.29, 1.82) is 0 Å². The summed E-state index contributed by atoms with van der Waals surface area (Å²) in [6.07, 6.45) is 4.97. The smallest absolute Gasteiger partial charge is 0.119 e. The average Bonchev–Trinajstić information content (AvgIpc) is 2.46. The zero-order valence-corrected chi connectivity index (χ0v) is 12.4. The Hall–Kier alpha value is -1.06. The minimum absolute atomic E-state index is 0.131. The van der Waals surface area contributed by atoms with E-state index in [0.717, 1.165) is 31.4 Å². The molecular formula is C17H27NO2. The van der Waals surface area contributed by atoms with Crippen LogP contribution in [0.25, 0.3) is 0 Å². The van der Waals surface area contributed by atoms with Crippen molar-refractivity contribution in [2.24, 2.45) is 11.7 Å². The molecule has 3 atom stereocenters. The molecule has 0 saturated heterocycles. The molecule has 0 aromatic heterocycles. The van der Waals surface area contributed by atoms with Gasteiger partial charge in [-0.1, -0.05) is 25.5 Å². The third kappa shape index (κ3) is 4.50. The molecule has 0 heterocycles. The van der Waals surface area contributed by atoms with Crippen molar-refractivity contribution in [3.63, 3.8) is 0 Å². The lowest BCUT2D eigenvalue weighted by molar-refractivity contribution is 0.0809. The van der Waals surface area contributed by atoms with Gasteiger partial charge in [-0.15, -0.1) is 0 Å². The molecule has 1 fully saturated rings. The molecule has 1 aromatic carbocycles. The lowest BCUT2D eigenvalue weighted by Crippen LogP contribution is -2.24. The van der Waals surface area contributed by atoms with Crippen LogP contribution in [0, 0.1) is 5.92 Å². The average molecular weight is 277 g/mol. The Morgan fingerprint density at radius 2 is 2.25 bits per heavy atom. The topological polar surface area (TPSA) is 55.5 Å². The SMILES string of the molecule is C[C@H](CCN)c1cccc(OC[C@H]2CCC[C@@H](O)C2)c1. The van der Waals surface area contributed by atoms with Crippen LogP contribution in [0.4, 0.5) is 0 Å². The monoisotopic (exact) mass is 277 g/mol. The van der Waals surface area contributed by atoms with E-state index in [9.17, 15) is 5.11 Å². The van der Waals surface area contributed by atoms with Gasteiger partial charge in [0.2, 0.25) is 0 Å². The van der Waals surface area contributed by atoms with Gasteiger partial charge in [0.1, 0.15) is 5.75 Å². The largest absolute Gasteiger partial charge is 0.493 e. The third-order valence-corrected chi connectivity index (χ3v) is 4.27. The van der Waals surface area contributed by atoms with Gasteiger partial charge in [-0.3, -0.25) is 0 Å². The third-order valence-electron chi connectivity index (χ3n) is 4.27. The second-order valence-electron chi connectivity index (χ2n) is 6.05. The Labute approximate surface area is 122 Å². The predicted octanol–water partition coefficient (Wildman–Crippen LogP) is 3.07. The van der Waals surface area contributed by atoms with E-state index in [1.165, 1.54) is 12.0 Å². The standard InChI is InChI=1S/C17H27NO2/c1-13(8-9-18)15-5-3-7-17(11-15)20-12-14-4-2-6-16(19)10-14/h3,5,7,11,13-14,16,19H,2,4,6,8-10,12,18H2,1H3/t13-,14+,16-/m1/s1. The molecule has 1 aliphatic rings. The Morgan fingerprint density at radius 3 is 3.00 bits per heavy atom. The zero-order chi connectivity index (χ0) is 14.4. The highest BCUT2D eigenvalue weighted by atomic mass is 16.5. The van der Waals surface area contributed by atoms with Gasteiger partial charge in [0.15, 0.2) is 0 Å². The van der Waals surface area contributed by atoms with Crippen LogP contribution in [0.3, 0.4) is 0 Å². The number of aliphatic hydroxyl groups excluding tert-OH is 1. The summed E-state index contributed by atoms with van der Waals surface area (Å²) in [5, 5.41) is 9.69. The number of benzene rings is 1. The molecule has 20 heavy (non-hydrogen) atoms. The van der Waals surface area contributed by atoms with Gasteiger partial charge in [0.05, 0.1) is 12.7 Å². The van der Waals surface area contributed by atoms with Gasteiger partial charge in [-0.2, -0.15) is 0 Å². The number of rotatable bonds is 6.